The van der Waals surface area contributed by atoms with E-state index in [4.69, 9.17) is 20.2 Å². The van der Waals surface area contributed by atoms with Gasteiger partial charge in [0, 0.05) is 6.08 Å². The van der Waals surface area contributed by atoms with Crippen molar-refractivity contribution in [2.45, 2.75) is 42.1 Å². The van der Waals surface area contributed by atoms with E-state index in [0.29, 0.717) is 0 Å². The van der Waals surface area contributed by atoms with Crippen molar-refractivity contribution in [1.82, 2.24) is 0 Å². The van der Waals surface area contributed by atoms with Crippen LogP contribution < -0.4 is 0 Å². The van der Waals surface area contributed by atoms with Crippen LogP contribution in [-0.4, -0.2) is 49.6 Å². The van der Waals surface area contributed by atoms with Gasteiger partial charge in [0.25, 0.3) is 16.2 Å². The van der Waals surface area contributed by atoms with E-state index < -0.39 is 51.3 Å². The summed E-state index contributed by atoms with van der Waals surface area (Å²) in [4.78, 5) is 14.7. The largest absolute Gasteiger partial charge is 0.454 e. The van der Waals surface area contributed by atoms with Crippen LogP contribution in [0.15, 0.2) is 12.7 Å². The van der Waals surface area contributed by atoms with E-state index in [2.05, 4.69) is 11.4 Å². The Hall–Kier alpha value is -1.43. The first kappa shape index (κ1) is 12.6. The molecule has 7 nitrogen and oxygen atoms in total. The normalized spacial score (nSPS) is 48.7. The van der Waals surface area contributed by atoms with Gasteiger partial charge in [-0.1, -0.05) is 6.58 Å². The molecule has 0 aromatic heterocycles. The molecule has 3 aliphatic rings. The minimum absolute atomic E-state index is 0.743. The zero-order chi connectivity index (χ0) is 14.0. The van der Waals surface area contributed by atoms with Crippen LogP contribution in [0, 0.1) is 6.57 Å². The Labute approximate surface area is 110 Å². The summed E-state index contributed by atoms with van der Waals surface area (Å²) in [6, 6.07) is -0.791. The molecule has 6 atom stereocenters. The molecule has 6 unspecified atom stereocenters. The standard InChI is InChI=1S/C11H11NO6S/c1-4-5(13)16-8-7-6(12-3)9-11(2,17-7)10(8)19(14,15)18-9/h4,6-10H,1H2,2H3. The highest BCUT2D eigenvalue weighted by molar-refractivity contribution is 7.87. The molecule has 0 aromatic rings. The van der Waals surface area contributed by atoms with Crippen LogP contribution >= 0.6 is 0 Å². The Morgan fingerprint density at radius 2 is 2.26 bits per heavy atom. The van der Waals surface area contributed by atoms with Crippen molar-refractivity contribution in [3.8, 4) is 0 Å². The number of hydrogen-bond acceptors (Lipinski definition) is 6. The summed E-state index contributed by atoms with van der Waals surface area (Å²) in [6.07, 6.45) is -1.69. The minimum atomic E-state index is -3.92. The molecule has 0 radical (unpaired) electrons. The molecule has 19 heavy (non-hydrogen) atoms. The second kappa shape index (κ2) is 3.56. The second-order valence-corrected chi connectivity index (χ2v) is 6.61. The summed E-state index contributed by atoms with van der Waals surface area (Å²) >= 11 is 0. The van der Waals surface area contributed by atoms with Gasteiger partial charge in [-0.2, -0.15) is 8.42 Å². The minimum Gasteiger partial charge on any atom is -0.454 e. The van der Waals surface area contributed by atoms with Crippen molar-refractivity contribution < 1.29 is 26.9 Å². The maximum Gasteiger partial charge on any atom is 0.330 e. The number of carbonyl (C=O) groups is 1. The molecule has 0 amide bonds. The average Bonchev–Trinajstić information content (AvgIpc) is 2.81. The van der Waals surface area contributed by atoms with Crippen LogP contribution in [0.1, 0.15) is 6.92 Å². The number of hydrogen-bond donors (Lipinski definition) is 0. The number of ether oxygens (including phenoxy) is 2. The second-order valence-electron chi connectivity index (χ2n) is 4.92. The van der Waals surface area contributed by atoms with Crippen LogP contribution in [-0.2, 0) is 28.6 Å². The fraction of sp³-hybridized carbons (Fsp3) is 0.636. The maximum absolute atomic E-state index is 12.0. The van der Waals surface area contributed by atoms with Gasteiger partial charge in [0.1, 0.15) is 5.60 Å². The smallest absolute Gasteiger partial charge is 0.330 e. The topological polar surface area (TPSA) is 83.3 Å². The summed E-state index contributed by atoms with van der Waals surface area (Å²) < 4.78 is 39.7. The van der Waals surface area contributed by atoms with E-state index in [-0.39, 0.29) is 0 Å². The zero-order valence-electron chi connectivity index (χ0n) is 9.98. The molecular formula is C11H11NO6S. The van der Waals surface area contributed by atoms with E-state index in [0.717, 1.165) is 6.08 Å². The Balaban J connectivity index is 2.06. The van der Waals surface area contributed by atoms with E-state index in [1.807, 2.05) is 0 Å². The van der Waals surface area contributed by atoms with Gasteiger partial charge in [0.15, 0.2) is 23.6 Å². The highest BCUT2D eigenvalue weighted by Gasteiger charge is 2.81. The predicted molar refractivity (Wildman–Crippen MR) is 61.3 cm³/mol. The van der Waals surface area contributed by atoms with E-state index in [9.17, 15) is 13.2 Å². The Bertz CT molecular complexity index is 607. The van der Waals surface area contributed by atoms with Crippen LogP contribution in [0.2, 0.25) is 0 Å². The van der Waals surface area contributed by atoms with Gasteiger partial charge in [0.05, 0.1) is 0 Å². The van der Waals surface area contributed by atoms with Crippen LogP contribution in [0.4, 0.5) is 0 Å². The highest BCUT2D eigenvalue weighted by atomic mass is 32.2. The molecule has 0 N–H and O–H groups in total. The van der Waals surface area contributed by atoms with Crippen molar-refractivity contribution >= 4 is 16.1 Å². The lowest BCUT2D eigenvalue weighted by Gasteiger charge is -2.26. The van der Waals surface area contributed by atoms with Gasteiger partial charge >= 0.3 is 5.97 Å². The number of esters is 1. The third kappa shape index (κ3) is 1.38. The predicted octanol–water partition coefficient (Wildman–Crippen LogP) is -0.360. The molecular weight excluding hydrogens is 274 g/mol. The number of fused-ring (bicyclic) bond motifs is 1. The third-order valence-corrected chi connectivity index (χ3v) is 5.74. The average molecular weight is 285 g/mol. The molecule has 2 bridgehead atoms. The van der Waals surface area contributed by atoms with Gasteiger partial charge in [-0.15, -0.1) is 0 Å². The highest BCUT2D eigenvalue weighted by Crippen LogP contribution is 2.55. The van der Waals surface area contributed by atoms with Gasteiger partial charge in [-0.05, 0) is 6.92 Å². The summed E-state index contributed by atoms with van der Waals surface area (Å²) in [5.41, 5.74) is -1.13. The lowest BCUT2D eigenvalue weighted by atomic mass is 9.82. The maximum atomic E-state index is 12.0. The molecule has 3 saturated heterocycles. The first-order chi connectivity index (χ1) is 8.85. The summed E-state index contributed by atoms with van der Waals surface area (Å²) in [5.74, 6) is -0.743. The van der Waals surface area contributed by atoms with Crippen LogP contribution in [0.3, 0.4) is 0 Å². The SMILES string of the molecule is [C-]#[N+]C1C2OC3(C)C1OS(=O)(=O)C3C2OC(=O)C=C. The molecule has 0 spiro atoms. The number of carbonyl (C=O) groups excluding carboxylic acids is 1. The number of rotatable bonds is 2. The van der Waals surface area contributed by atoms with E-state index in [1.165, 1.54) is 0 Å². The van der Waals surface area contributed by atoms with Crippen LogP contribution in [0.25, 0.3) is 4.85 Å². The quantitative estimate of drug-likeness (QED) is 0.298. The molecule has 0 saturated carbocycles. The Morgan fingerprint density at radius 3 is 2.84 bits per heavy atom. The molecule has 3 aliphatic heterocycles. The molecule has 3 rings (SSSR count). The van der Waals surface area contributed by atoms with Crippen molar-refractivity contribution in [1.29, 1.82) is 0 Å². The molecule has 3 fully saturated rings. The van der Waals surface area contributed by atoms with E-state index >= 15 is 0 Å². The fourth-order valence-electron chi connectivity index (χ4n) is 3.19. The first-order valence-electron chi connectivity index (χ1n) is 5.64. The fourth-order valence-corrected chi connectivity index (χ4v) is 5.21. The van der Waals surface area contributed by atoms with Gasteiger partial charge in [0.2, 0.25) is 0 Å². The lowest BCUT2D eigenvalue weighted by Crippen LogP contribution is -2.54. The van der Waals surface area contributed by atoms with Crippen molar-refractivity contribution in [2.24, 2.45) is 0 Å². The van der Waals surface area contributed by atoms with E-state index in [1.54, 1.807) is 6.92 Å². The monoisotopic (exact) mass is 285 g/mol. The van der Waals surface area contributed by atoms with Crippen molar-refractivity contribution in [3.05, 3.63) is 24.1 Å². The Kier molecular flexibility index (Phi) is 2.36. The summed E-state index contributed by atoms with van der Waals surface area (Å²) in [6.45, 7) is 12.0. The van der Waals surface area contributed by atoms with Gasteiger partial charge in [-0.25, -0.2) is 11.4 Å². The van der Waals surface area contributed by atoms with Crippen molar-refractivity contribution in [2.75, 3.05) is 0 Å². The summed E-state index contributed by atoms with van der Waals surface area (Å²) in [7, 11) is -3.92. The lowest BCUT2D eigenvalue weighted by molar-refractivity contribution is -0.145. The van der Waals surface area contributed by atoms with Crippen LogP contribution in [0.5, 0.6) is 0 Å². The third-order valence-electron chi connectivity index (χ3n) is 3.91. The molecule has 3 heterocycles. The molecule has 8 heteroatoms. The zero-order valence-corrected chi connectivity index (χ0v) is 10.8. The van der Waals surface area contributed by atoms with Crippen molar-refractivity contribution in [3.63, 3.8) is 0 Å². The molecule has 0 aliphatic carbocycles. The molecule has 0 aromatic carbocycles. The Morgan fingerprint density at radius 1 is 1.58 bits per heavy atom. The van der Waals surface area contributed by atoms with Gasteiger partial charge < -0.3 is 14.3 Å². The molecule has 102 valence electrons. The summed E-state index contributed by atoms with van der Waals surface area (Å²) in [5, 5.41) is -1.09. The number of nitrogens with zero attached hydrogens (tertiary/aromatic N) is 1. The first-order valence-corrected chi connectivity index (χ1v) is 7.12. The van der Waals surface area contributed by atoms with Gasteiger partial charge in [-0.3, -0.25) is 4.18 Å².